The molecule has 30 heteroatoms. The molecule has 0 atom stereocenters. The number of aryl methyl sites for hydroxylation is 6. The highest BCUT2D eigenvalue weighted by atomic mass is 32.2. The van der Waals surface area contributed by atoms with Gasteiger partial charge in [0, 0.05) is 65.4 Å². The number of sulfone groups is 2. The Balaban J connectivity index is 0.000000174. The molecule has 0 aliphatic carbocycles. The van der Waals surface area contributed by atoms with Crippen molar-refractivity contribution in [1.29, 1.82) is 0 Å². The summed E-state index contributed by atoms with van der Waals surface area (Å²) in [6, 6.07) is 0. The number of oxime groups is 4. The number of hydrogen-bond donors (Lipinski definition) is 0. The molecule has 0 aromatic carbocycles. The first-order valence-electron chi connectivity index (χ1n) is 21.7. The predicted octanol–water partition coefficient (Wildman–Crippen LogP) is 5.16. The maximum atomic E-state index is 12.7. The SMILES string of the molecule is Cc1nn(C)nc1CS(=O)(=O)C1=NOC(C)(C)C1.Cc1nn(C)nc1CSC1=NOC(C)(C)C1.Cn1nc(CF)c(CS(=O)(=O)C2=NOC(C)(C)C2)n1.Cn1nc(CF)c(CSC2=NOC(C)(C)C2)n1. The molecule has 0 radical (unpaired) electrons. The number of halogens is 2. The summed E-state index contributed by atoms with van der Waals surface area (Å²) in [6.45, 7) is 17.4. The molecule has 4 aromatic rings. The molecule has 4 aromatic heterocycles. The first-order valence-corrected chi connectivity index (χ1v) is 27.0. The quantitative estimate of drug-likeness (QED) is 0.198. The van der Waals surface area contributed by atoms with Gasteiger partial charge in [0.15, 0.2) is 10.1 Å². The van der Waals surface area contributed by atoms with E-state index in [9.17, 15) is 25.6 Å². The molecule has 0 saturated carbocycles. The molecule has 388 valence electrons. The molecule has 24 nitrogen and oxygen atoms in total. The van der Waals surface area contributed by atoms with Gasteiger partial charge in [0.2, 0.25) is 19.7 Å². The third kappa shape index (κ3) is 16.0. The Morgan fingerprint density at radius 1 is 0.457 bits per heavy atom. The standard InChI is InChI=1S/C10H15FN4O3S.C10H15FN4OS.C10H16N4O3S.C10H16N4OS/c1-10(2)4-9(14-18-10)19(16,17)6-8-7(5-11)12-15(3)13-8;1-10(2)4-9(14-16-10)17-6-8-7(5-11)12-15(3)13-8;1-7-8(12-14(4)11-7)6-18(15,16)9-5-10(2,3)17-13-9;1-7-8(12-14(4)11-7)6-16-9-5-10(2,3)15-13-9/h4-6H2,1-3H3;4-6H2,1-3H3;5-6H2,1-4H3;5-6H2,1-4H3. The van der Waals surface area contributed by atoms with E-state index in [-0.39, 0.29) is 51.3 Å². The van der Waals surface area contributed by atoms with Crippen LogP contribution in [0.4, 0.5) is 8.78 Å². The highest BCUT2D eigenvalue weighted by molar-refractivity contribution is 8.13. The Morgan fingerprint density at radius 2 is 0.771 bits per heavy atom. The van der Waals surface area contributed by atoms with Crippen LogP contribution in [-0.4, -0.2) is 119 Å². The molecular weight excluding hydrogens is 999 g/mol. The van der Waals surface area contributed by atoms with Crippen molar-refractivity contribution in [2.75, 3.05) is 0 Å². The van der Waals surface area contributed by atoms with E-state index in [0.29, 0.717) is 28.5 Å². The topological polar surface area (TPSA) is 277 Å². The second-order valence-electron chi connectivity index (χ2n) is 19.0. The highest BCUT2D eigenvalue weighted by Gasteiger charge is 2.38. The van der Waals surface area contributed by atoms with Crippen LogP contribution < -0.4 is 0 Å². The lowest BCUT2D eigenvalue weighted by Crippen LogP contribution is -2.23. The molecule has 0 fully saturated rings. The lowest BCUT2D eigenvalue weighted by molar-refractivity contribution is 0.0120. The summed E-state index contributed by atoms with van der Waals surface area (Å²) < 4.78 is 74.0. The zero-order valence-electron chi connectivity index (χ0n) is 41.9. The minimum atomic E-state index is -3.66. The van der Waals surface area contributed by atoms with E-state index < -0.39 is 50.0 Å². The molecular formula is C40H62F2N16O8S4. The Kier molecular flexibility index (Phi) is 17.6. The van der Waals surface area contributed by atoms with E-state index >= 15 is 0 Å². The van der Waals surface area contributed by atoms with Crippen LogP contribution >= 0.6 is 23.5 Å². The molecule has 8 rings (SSSR count). The number of hydrogen-bond acceptors (Lipinski definition) is 22. The summed E-state index contributed by atoms with van der Waals surface area (Å²) in [4.78, 5) is 26.2. The molecule has 0 unspecified atom stereocenters. The normalized spacial score (nSPS) is 18.3. The monoisotopic (exact) mass is 1060 g/mol. The molecule has 0 saturated heterocycles. The van der Waals surface area contributed by atoms with Crippen molar-refractivity contribution in [1.82, 2.24) is 60.0 Å². The minimum absolute atomic E-state index is 0.0323. The second kappa shape index (κ2) is 22.1. The van der Waals surface area contributed by atoms with E-state index in [1.807, 2.05) is 41.7 Å². The number of aromatic nitrogens is 12. The first-order chi connectivity index (χ1) is 32.4. The van der Waals surface area contributed by atoms with Crippen LogP contribution in [0.5, 0.6) is 0 Å². The minimum Gasteiger partial charge on any atom is -0.389 e. The first kappa shape index (κ1) is 55.8. The van der Waals surface area contributed by atoms with Crippen LogP contribution in [0.1, 0.15) is 127 Å². The number of nitrogens with zero attached hydrogens (tertiary/aromatic N) is 16. The summed E-state index contributed by atoms with van der Waals surface area (Å²) in [6.07, 6.45) is 2.13. The molecule has 0 N–H and O–H groups in total. The third-order valence-corrected chi connectivity index (χ3v) is 15.1. The van der Waals surface area contributed by atoms with E-state index in [0.717, 1.165) is 44.9 Å². The van der Waals surface area contributed by atoms with Gasteiger partial charge in [-0.05, 0) is 69.2 Å². The Hall–Kier alpha value is -5.10. The Labute approximate surface area is 414 Å². The van der Waals surface area contributed by atoms with E-state index in [1.54, 1.807) is 65.3 Å². The summed E-state index contributed by atoms with van der Waals surface area (Å²) in [7, 11) is -0.460. The van der Waals surface area contributed by atoms with Gasteiger partial charge in [-0.25, -0.2) is 25.6 Å². The van der Waals surface area contributed by atoms with Gasteiger partial charge in [-0.2, -0.15) is 60.0 Å². The predicted molar refractivity (Wildman–Crippen MR) is 260 cm³/mol. The van der Waals surface area contributed by atoms with Crippen LogP contribution in [0.25, 0.3) is 0 Å². The van der Waals surface area contributed by atoms with Gasteiger partial charge in [-0.3, -0.25) is 0 Å². The van der Waals surface area contributed by atoms with Crippen LogP contribution in [0, 0.1) is 13.8 Å². The lowest BCUT2D eigenvalue weighted by Gasteiger charge is -2.13. The number of thioether (sulfide) groups is 2. The van der Waals surface area contributed by atoms with Crippen molar-refractivity contribution in [3.05, 3.63) is 45.6 Å². The fraction of sp³-hybridized carbons (Fsp3) is 0.700. The molecule has 8 heterocycles. The average Bonchev–Trinajstić information content (AvgIpc) is 4.14. The van der Waals surface area contributed by atoms with Crippen LogP contribution in [-0.2, 0) is 104 Å². The van der Waals surface area contributed by atoms with Gasteiger partial charge in [-0.1, -0.05) is 20.6 Å². The third-order valence-electron chi connectivity index (χ3n) is 9.95. The van der Waals surface area contributed by atoms with Crippen molar-refractivity contribution in [3.63, 3.8) is 0 Å². The van der Waals surface area contributed by atoms with Crippen LogP contribution in [0.2, 0.25) is 0 Å². The maximum Gasteiger partial charge on any atom is 0.200 e. The second-order valence-corrected chi connectivity index (χ2v) is 25.1. The fourth-order valence-electron chi connectivity index (χ4n) is 6.49. The number of alkyl halides is 2. The molecule has 0 spiro atoms. The molecule has 4 aliphatic rings. The summed E-state index contributed by atoms with van der Waals surface area (Å²) in [5, 5.41) is 49.6. The van der Waals surface area contributed by atoms with Gasteiger partial charge in [-0.15, -0.1) is 23.5 Å². The molecule has 4 aliphatic heterocycles. The van der Waals surface area contributed by atoms with Crippen molar-refractivity contribution in [2.24, 2.45) is 48.8 Å². The van der Waals surface area contributed by atoms with Crippen molar-refractivity contribution in [3.8, 4) is 0 Å². The smallest absolute Gasteiger partial charge is 0.200 e. The van der Waals surface area contributed by atoms with E-state index in [4.69, 9.17) is 19.4 Å². The summed E-state index contributed by atoms with van der Waals surface area (Å²) in [5.74, 6) is 0.770. The molecule has 0 bridgehead atoms. The van der Waals surface area contributed by atoms with Gasteiger partial charge >= 0.3 is 0 Å². The highest BCUT2D eigenvalue weighted by Crippen LogP contribution is 2.31. The average molecular weight is 1060 g/mol. The largest absolute Gasteiger partial charge is 0.389 e. The zero-order valence-corrected chi connectivity index (χ0v) is 45.1. The molecule has 70 heavy (non-hydrogen) atoms. The lowest BCUT2D eigenvalue weighted by atomic mass is 10.1. The molecule has 0 amide bonds. The van der Waals surface area contributed by atoms with Gasteiger partial charge in [0.1, 0.15) is 80.1 Å². The zero-order chi connectivity index (χ0) is 52.0. The number of rotatable bonds is 10. The van der Waals surface area contributed by atoms with Gasteiger partial charge in [0.05, 0.1) is 22.8 Å². The van der Waals surface area contributed by atoms with Crippen molar-refractivity contribution < 1.29 is 45.0 Å². The Morgan fingerprint density at radius 3 is 1.13 bits per heavy atom. The fourth-order valence-corrected chi connectivity index (χ4v) is 11.7. The summed E-state index contributed by atoms with van der Waals surface area (Å²) >= 11 is 3.20. The van der Waals surface area contributed by atoms with Crippen LogP contribution in [0.3, 0.4) is 0 Å². The van der Waals surface area contributed by atoms with Crippen molar-refractivity contribution >= 4 is 63.4 Å². The van der Waals surface area contributed by atoms with Crippen LogP contribution in [0.15, 0.2) is 20.6 Å². The summed E-state index contributed by atoms with van der Waals surface area (Å²) in [5.41, 5.74) is 2.70. The van der Waals surface area contributed by atoms with Gasteiger partial charge < -0.3 is 19.4 Å². The van der Waals surface area contributed by atoms with E-state index in [2.05, 4.69) is 61.4 Å². The maximum absolute atomic E-state index is 12.7. The van der Waals surface area contributed by atoms with Gasteiger partial charge in [0.25, 0.3) is 0 Å². The van der Waals surface area contributed by atoms with E-state index in [1.165, 1.54) is 28.4 Å². The van der Waals surface area contributed by atoms with Crippen molar-refractivity contribution in [2.45, 2.75) is 154 Å². The Bertz CT molecular complexity index is 2850.